The van der Waals surface area contributed by atoms with Crippen molar-refractivity contribution in [3.63, 3.8) is 0 Å². The third-order valence-electron chi connectivity index (χ3n) is 4.87. The fraction of sp³-hybridized carbons (Fsp3) is 0.174. The van der Waals surface area contributed by atoms with E-state index in [-0.39, 0.29) is 18.1 Å². The number of hydrazine groups is 1. The lowest BCUT2D eigenvalue weighted by molar-refractivity contribution is -0.121. The summed E-state index contributed by atoms with van der Waals surface area (Å²) in [6.07, 6.45) is 4.78. The number of aryl methyl sites for hydroxylation is 2. The first-order chi connectivity index (χ1) is 14.6. The van der Waals surface area contributed by atoms with Gasteiger partial charge in [-0.2, -0.15) is 0 Å². The van der Waals surface area contributed by atoms with Crippen molar-refractivity contribution in [1.29, 1.82) is 0 Å². The number of hydrogen-bond acceptors (Lipinski definition) is 4. The minimum absolute atomic E-state index is 0.143. The lowest BCUT2D eigenvalue weighted by Crippen LogP contribution is -2.41. The number of benzene rings is 1. The number of rotatable bonds is 6. The van der Waals surface area contributed by atoms with E-state index in [1.165, 1.54) is 17.9 Å². The van der Waals surface area contributed by atoms with Gasteiger partial charge in [-0.1, -0.05) is 17.7 Å². The zero-order chi connectivity index (χ0) is 20.9. The zero-order valence-corrected chi connectivity index (χ0v) is 16.6. The number of fused-ring (bicyclic) bond motifs is 1. The Morgan fingerprint density at radius 1 is 1.10 bits per heavy atom. The average molecular weight is 402 g/mol. The molecule has 0 fully saturated rings. The van der Waals surface area contributed by atoms with Gasteiger partial charge < -0.3 is 9.40 Å². The minimum Gasteiger partial charge on any atom is -0.459 e. The van der Waals surface area contributed by atoms with Crippen LogP contribution in [0.5, 0.6) is 0 Å². The first kappa shape index (κ1) is 19.4. The topological polar surface area (TPSA) is 100 Å². The van der Waals surface area contributed by atoms with Gasteiger partial charge in [0.2, 0.25) is 5.91 Å². The molecule has 4 aromatic rings. The summed E-state index contributed by atoms with van der Waals surface area (Å²) in [4.78, 5) is 31.9. The Hall–Kier alpha value is -3.87. The quantitative estimate of drug-likeness (QED) is 0.426. The number of furan rings is 1. The van der Waals surface area contributed by atoms with Crippen LogP contribution in [-0.2, 0) is 11.2 Å². The zero-order valence-electron chi connectivity index (χ0n) is 16.6. The number of nitrogens with one attached hydrogen (secondary N) is 3. The largest absolute Gasteiger partial charge is 0.459 e. The van der Waals surface area contributed by atoms with Gasteiger partial charge >= 0.3 is 5.91 Å². The van der Waals surface area contributed by atoms with Gasteiger partial charge in [-0.05, 0) is 61.7 Å². The van der Waals surface area contributed by atoms with Crippen molar-refractivity contribution in [2.75, 3.05) is 0 Å². The van der Waals surface area contributed by atoms with Crippen LogP contribution in [0.2, 0.25) is 0 Å². The lowest BCUT2D eigenvalue weighted by Gasteiger charge is -2.07. The SMILES string of the molecule is Cc1ccc2[nH]c(-c3ccccn3)c(CCCC(=O)NNC(=O)c3ccco3)c2c1. The van der Waals surface area contributed by atoms with Gasteiger partial charge in [0.1, 0.15) is 0 Å². The molecule has 3 heterocycles. The molecule has 0 spiro atoms. The van der Waals surface area contributed by atoms with Crippen LogP contribution in [-0.4, -0.2) is 21.8 Å². The first-order valence-electron chi connectivity index (χ1n) is 9.77. The summed E-state index contributed by atoms with van der Waals surface area (Å²) in [7, 11) is 0. The Labute approximate surface area is 173 Å². The normalized spacial score (nSPS) is 10.8. The van der Waals surface area contributed by atoms with E-state index in [1.807, 2.05) is 18.2 Å². The third kappa shape index (κ3) is 4.25. The molecule has 0 aliphatic carbocycles. The van der Waals surface area contributed by atoms with Gasteiger partial charge in [0.15, 0.2) is 5.76 Å². The highest BCUT2D eigenvalue weighted by atomic mass is 16.3. The number of nitrogens with zero attached hydrogens (tertiary/aromatic N) is 1. The molecule has 2 amide bonds. The van der Waals surface area contributed by atoms with Crippen LogP contribution in [0, 0.1) is 6.92 Å². The molecule has 1 aromatic carbocycles. The molecule has 3 N–H and O–H groups in total. The van der Waals surface area contributed by atoms with Crippen LogP contribution >= 0.6 is 0 Å². The van der Waals surface area contributed by atoms with Crippen molar-refractivity contribution >= 4 is 22.7 Å². The number of carbonyl (C=O) groups is 2. The molecule has 0 aliphatic rings. The van der Waals surface area contributed by atoms with Crippen LogP contribution in [0.4, 0.5) is 0 Å². The molecule has 7 heteroatoms. The minimum atomic E-state index is -0.488. The molecule has 30 heavy (non-hydrogen) atoms. The first-order valence-corrected chi connectivity index (χ1v) is 9.77. The number of H-pyrrole nitrogens is 1. The van der Waals surface area contributed by atoms with E-state index in [9.17, 15) is 9.59 Å². The number of amides is 2. The van der Waals surface area contributed by atoms with Crippen LogP contribution < -0.4 is 10.9 Å². The summed E-state index contributed by atoms with van der Waals surface area (Å²) in [5.74, 6) is -0.604. The molecule has 0 unspecified atom stereocenters. The van der Waals surface area contributed by atoms with Gasteiger partial charge in [0, 0.05) is 23.5 Å². The van der Waals surface area contributed by atoms with Crippen molar-refractivity contribution in [2.45, 2.75) is 26.2 Å². The van der Waals surface area contributed by atoms with Crippen molar-refractivity contribution in [3.8, 4) is 11.4 Å². The molecule has 0 saturated carbocycles. The number of aromatic amines is 1. The molecule has 0 saturated heterocycles. The van der Waals surface area contributed by atoms with Gasteiger partial charge in [0.25, 0.3) is 0 Å². The summed E-state index contributed by atoms with van der Waals surface area (Å²) in [5, 5.41) is 1.14. The molecule has 3 aromatic heterocycles. The fourth-order valence-electron chi connectivity index (χ4n) is 3.43. The Morgan fingerprint density at radius 3 is 2.77 bits per heavy atom. The summed E-state index contributed by atoms with van der Waals surface area (Å²) in [6.45, 7) is 2.06. The van der Waals surface area contributed by atoms with Crippen molar-refractivity contribution in [3.05, 3.63) is 77.9 Å². The fourth-order valence-corrected chi connectivity index (χ4v) is 3.43. The number of hydrogen-bond donors (Lipinski definition) is 3. The van der Waals surface area contributed by atoms with E-state index in [2.05, 4.69) is 45.9 Å². The Balaban J connectivity index is 1.43. The second-order valence-corrected chi connectivity index (χ2v) is 7.08. The van der Waals surface area contributed by atoms with E-state index < -0.39 is 5.91 Å². The van der Waals surface area contributed by atoms with Crippen LogP contribution in [0.25, 0.3) is 22.3 Å². The molecule has 0 bridgehead atoms. The standard InChI is InChI=1S/C23H22N4O3/c1-15-10-11-18-17(14-15)16(22(25-18)19-7-2-3-12-24-19)6-4-9-21(28)26-27-23(29)20-8-5-13-30-20/h2-3,5,7-8,10-14,25H,4,6,9H2,1H3,(H,26,28)(H,27,29). The highest BCUT2D eigenvalue weighted by Gasteiger charge is 2.15. The van der Waals surface area contributed by atoms with Gasteiger partial charge in [0.05, 0.1) is 17.7 Å². The Bertz CT molecular complexity index is 1160. The van der Waals surface area contributed by atoms with E-state index in [0.717, 1.165) is 27.9 Å². The molecular weight excluding hydrogens is 380 g/mol. The molecule has 0 radical (unpaired) electrons. The second kappa shape index (κ2) is 8.65. The maximum atomic E-state index is 12.1. The molecular formula is C23H22N4O3. The third-order valence-corrected chi connectivity index (χ3v) is 4.87. The second-order valence-electron chi connectivity index (χ2n) is 7.08. The molecule has 7 nitrogen and oxygen atoms in total. The van der Waals surface area contributed by atoms with Crippen molar-refractivity contribution in [2.24, 2.45) is 0 Å². The highest BCUT2D eigenvalue weighted by Crippen LogP contribution is 2.31. The molecule has 0 aliphatic heterocycles. The van der Waals surface area contributed by atoms with Crippen LogP contribution in [0.15, 0.2) is 65.4 Å². The summed E-state index contributed by atoms with van der Waals surface area (Å²) < 4.78 is 4.99. The van der Waals surface area contributed by atoms with E-state index >= 15 is 0 Å². The van der Waals surface area contributed by atoms with Gasteiger partial charge in [-0.25, -0.2) is 0 Å². The van der Waals surface area contributed by atoms with Gasteiger partial charge in [-0.15, -0.1) is 0 Å². The number of pyridine rings is 1. The van der Waals surface area contributed by atoms with E-state index in [4.69, 9.17) is 4.42 Å². The smallest absolute Gasteiger partial charge is 0.305 e. The van der Waals surface area contributed by atoms with Crippen molar-refractivity contribution in [1.82, 2.24) is 20.8 Å². The van der Waals surface area contributed by atoms with Crippen LogP contribution in [0.3, 0.4) is 0 Å². The number of carbonyl (C=O) groups excluding carboxylic acids is 2. The molecule has 0 atom stereocenters. The summed E-state index contributed by atoms with van der Waals surface area (Å²) in [5.41, 5.74) is 9.99. The van der Waals surface area contributed by atoms with E-state index in [0.29, 0.717) is 12.8 Å². The maximum Gasteiger partial charge on any atom is 0.305 e. The predicted molar refractivity (Wildman–Crippen MR) is 114 cm³/mol. The van der Waals surface area contributed by atoms with Gasteiger partial charge in [-0.3, -0.25) is 25.4 Å². The lowest BCUT2D eigenvalue weighted by atomic mass is 10.0. The molecule has 4 rings (SSSR count). The predicted octanol–water partition coefficient (Wildman–Crippen LogP) is 3.92. The maximum absolute atomic E-state index is 12.1. The average Bonchev–Trinajstić information content (AvgIpc) is 3.41. The monoisotopic (exact) mass is 402 g/mol. The highest BCUT2D eigenvalue weighted by molar-refractivity contribution is 5.93. The van der Waals surface area contributed by atoms with Crippen molar-refractivity contribution < 1.29 is 14.0 Å². The molecule has 152 valence electrons. The summed E-state index contributed by atoms with van der Waals surface area (Å²) in [6, 6.07) is 15.2. The summed E-state index contributed by atoms with van der Waals surface area (Å²) >= 11 is 0. The number of aromatic nitrogens is 2. The Morgan fingerprint density at radius 2 is 2.00 bits per heavy atom. The van der Waals surface area contributed by atoms with E-state index in [1.54, 1.807) is 12.3 Å². The van der Waals surface area contributed by atoms with Crippen LogP contribution in [0.1, 0.15) is 34.5 Å². The Kier molecular flexibility index (Phi) is 5.61.